The topological polar surface area (TPSA) is 62.5 Å². The number of aromatic hydroxyl groups is 1. The van der Waals surface area contributed by atoms with E-state index < -0.39 is 0 Å². The predicted molar refractivity (Wildman–Crippen MR) is 133 cm³/mol. The van der Waals surface area contributed by atoms with Crippen molar-refractivity contribution in [1.29, 1.82) is 0 Å². The molecule has 0 amide bonds. The smallest absolute Gasteiger partial charge is 0.174 e. The van der Waals surface area contributed by atoms with Crippen molar-refractivity contribution in [1.82, 2.24) is 14.9 Å². The van der Waals surface area contributed by atoms with Crippen LogP contribution in [0.1, 0.15) is 23.5 Å². The Hall–Kier alpha value is -3.55. The van der Waals surface area contributed by atoms with Crippen molar-refractivity contribution in [2.45, 2.75) is 12.1 Å². The van der Waals surface area contributed by atoms with E-state index in [9.17, 15) is 5.11 Å². The van der Waals surface area contributed by atoms with Gasteiger partial charge in [0.05, 0.1) is 30.2 Å². The number of para-hydroxylation sites is 2. The number of hydrogen-bond acceptors (Lipinski definition) is 4. The Morgan fingerprint density at radius 2 is 1.85 bits per heavy atom. The molecule has 0 unspecified atom stereocenters. The summed E-state index contributed by atoms with van der Waals surface area (Å²) in [6.45, 7) is 0. The van der Waals surface area contributed by atoms with Crippen molar-refractivity contribution in [3.05, 3.63) is 102 Å². The van der Waals surface area contributed by atoms with Gasteiger partial charge in [0.2, 0.25) is 0 Å². The molecule has 5 rings (SSSR count). The molecule has 1 aliphatic rings. The fraction of sp³-hybridized carbons (Fsp3) is 0.120. The molecule has 3 heterocycles. The predicted octanol–water partition coefficient (Wildman–Crippen LogP) is 5.42. The summed E-state index contributed by atoms with van der Waals surface area (Å²) in [6, 6.07) is 22.0. The molecule has 166 valence electrons. The van der Waals surface area contributed by atoms with Crippen LogP contribution >= 0.6 is 23.8 Å². The number of thiocarbonyl (C=S) groups is 1. The van der Waals surface area contributed by atoms with E-state index in [1.165, 1.54) is 0 Å². The van der Waals surface area contributed by atoms with Gasteiger partial charge in [0.15, 0.2) is 5.11 Å². The average molecular weight is 477 g/mol. The van der Waals surface area contributed by atoms with Gasteiger partial charge in [-0.3, -0.25) is 4.98 Å². The van der Waals surface area contributed by atoms with Gasteiger partial charge >= 0.3 is 0 Å². The molecule has 0 bridgehead atoms. The van der Waals surface area contributed by atoms with E-state index in [-0.39, 0.29) is 17.8 Å². The number of pyridine rings is 1. The second-order valence-corrected chi connectivity index (χ2v) is 8.43. The van der Waals surface area contributed by atoms with Gasteiger partial charge in [0.1, 0.15) is 17.5 Å². The SMILES string of the molecule is COc1ccccc1-n1cccc1[C@H]1[C@H](c2ccccn2)NC(=S)N1c1cc(Cl)ccc1O. The molecule has 2 aromatic carbocycles. The minimum atomic E-state index is -0.323. The van der Waals surface area contributed by atoms with Crippen molar-refractivity contribution >= 4 is 34.6 Å². The van der Waals surface area contributed by atoms with Crippen LogP contribution in [0.25, 0.3) is 5.69 Å². The van der Waals surface area contributed by atoms with E-state index in [0.29, 0.717) is 15.8 Å². The number of methoxy groups -OCH3 is 1. The number of nitrogens with one attached hydrogen (secondary N) is 1. The Morgan fingerprint density at radius 1 is 1.03 bits per heavy atom. The van der Waals surface area contributed by atoms with Crippen LogP contribution in [0.3, 0.4) is 0 Å². The first kappa shape index (κ1) is 21.3. The highest BCUT2D eigenvalue weighted by molar-refractivity contribution is 7.80. The Bertz CT molecular complexity index is 1310. The Morgan fingerprint density at radius 3 is 2.64 bits per heavy atom. The maximum Gasteiger partial charge on any atom is 0.174 e. The lowest BCUT2D eigenvalue weighted by atomic mass is 10.0. The lowest BCUT2D eigenvalue weighted by Crippen LogP contribution is -2.30. The second kappa shape index (κ2) is 8.77. The van der Waals surface area contributed by atoms with Gasteiger partial charge in [-0.25, -0.2) is 0 Å². The molecule has 0 radical (unpaired) electrons. The molecule has 0 saturated carbocycles. The molecule has 1 aliphatic heterocycles. The second-order valence-electron chi connectivity index (χ2n) is 7.60. The lowest BCUT2D eigenvalue weighted by Gasteiger charge is -2.29. The monoisotopic (exact) mass is 476 g/mol. The zero-order valence-corrected chi connectivity index (χ0v) is 19.3. The first-order chi connectivity index (χ1) is 16.1. The van der Waals surface area contributed by atoms with Crippen LogP contribution in [0, 0.1) is 0 Å². The summed E-state index contributed by atoms with van der Waals surface area (Å²) in [4.78, 5) is 6.49. The fourth-order valence-electron chi connectivity index (χ4n) is 4.29. The molecule has 33 heavy (non-hydrogen) atoms. The molecule has 0 spiro atoms. The van der Waals surface area contributed by atoms with Gasteiger partial charge in [-0.1, -0.05) is 29.8 Å². The number of halogens is 1. The molecule has 8 heteroatoms. The highest BCUT2D eigenvalue weighted by Crippen LogP contribution is 2.45. The first-order valence-corrected chi connectivity index (χ1v) is 11.2. The quantitative estimate of drug-likeness (QED) is 0.375. The van der Waals surface area contributed by atoms with E-state index in [4.69, 9.17) is 28.6 Å². The molecule has 2 atom stereocenters. The number of rotatable bonds is 5. The molecule has 2 N–H and O–H groups in total. The van der Waals surface area contributed by atoms with Crippen molar-refractivity contribution in [3.8, 4) is 17.2 Å². The highest BCUT2D eigenvalue weighted by Gasteiger charge is 2.43. The van der Waals surface area contributed by atoms with E-state index in [2.05, 4.69) is 14.9 Å². The average Bonchev–Trinajstić information content (AvgIpc) is 3.45. The van der Waals surface area contributed by atoms with Crippen LogP contribution in [0.2, 0.25) is 5.02 Å². The normalized spacial score (nSPS) is 17.8. The summed E-state index contributed by atoms with van der Waals surface area (Å²) >= 11 is 12.1. The number of aromatic nitrogens is 2. The lowest BCUT2D eigenvalue weighted by molar-refractivity contribution is 0.412. The van der Waals surface area contributed by atoms with Crippen molar-refractivity contribution in [2.24, 2.45) is 0 Å². The Labute approximate surface area is 202 Å². The van der Waals surface area contributed by atoms with E-state index in [1.54, 1.807) is 31.5 Å². The van der Waals surface area contributed by atoms with E-state index in [1.807, 2.05) is 65.7 Å². The molecule has 4 aromatic rings. The van der Waals surface area contributed by atoms with Crippen LogP contribution in [0.4, 0.5) is 5.69 Å². The van der Waals surface area contributed by atoms with Crippen LogP contribution in [0.5, 0.6) is 11.5 Å². The van der Waals surface area contributed by atoms with Gasteiger partial charge in [-0.15, -0.1) is 0 Å². The summed E-state index contributed by atoms with van der Waals surface area (Å²) < 4.78 is 7.69. The number of anilines is 1. The zero-order valence-electron chi connectivity index (χ0n) is 17.7. The summed E-state index contributed by atoms with van der Waals surface area (Å²) in [5.41, 5.74) is 3.20. The summed E-state index contributed by atoms with van der Waals surface area (Å²) in [5.74, 6) is 0.834. The van der Waals surface area contributed by atoms with Gasteiger partial charge < -0.3 is 24.6 Å². The third-order valence-electron chi connectivity index (χ3n) is 5.72. The van der Waals surface area contributed by atoms with Crippen LogP contribution in [-0.4, -0.2) is 26.9 Å². The van der Waals surface area contributed by atoms with E-state index >= 15 is 0 Å². The molecule has 6 nitrogen and oxygen atoms in total. The zero-order chi connectivity index (χ0) is 22.9. The van der Waals surface area contributed by atoms with E-state index in [0.717, 1.165) is 22.8 Å². The minimum absolute atomic E-state index is 0.0885. The standard InChI is InChI=1S/C25H21ClN4O2S/c1-32-22-10-3-2-8-18(22)29-14-6-9-19(29)24-23(17-7-4-5-13-27-17)28-25(33)30(24)20-15-16(26)11-12-21(20)31/h2-15,23-24,31H,1H3,(H,28,33)/t23-,24-/m0/s1. The summed E-state index contributed by atoms with van der Waals surface area (Å²) in [5, 5.41) is 15.1. The summed E-state index contributed by atoms with van der Waals surface area (Å²) in [6.07, 6.45) is 3.75. The molecule has 2 aromatic heterocycles. The Kier molecular flexibility index (Phi) is 5.66. The summed E-state index contributed by atoms with van der Waals surface area (Å²) in [7, 11) is 1.65. The van der Waals surface area contributed by atoms with Crippen molar-refractivity contribution in [3.63, 3.8) is 0 Å². The molecule has 0 aliphatic carbocycles. The minimum Gasteiger partial charge on any atom is -0.506 e. The van der Waals surface area contributed by atoms with Crippen molar-refractivity contribution < 1.29 is 9.84 Å². The largest absolute Gasteiger partial charge is 0.506 e. The molecule has 1 saturated heterocycles. The number of phenolic OH excluding ortho intramolecular Hbond substituents is 1. The first-order valence-electron chi connectivity index (χ1n) is 10.4. The van der Waals surface area contributed by atoms with Crippen molar-refractivity contribution in [2.75, 3.05) is 12.0 Å². The number of benzene rings is 2. The van der Waals surface area contributed by atoms with Crippen LogP contribution in [0.15, 0.2) is 85.2 Å². The number of phenols is 1. The van der Waals surface area contributed by atoms with Crippen LogP contribution in [-0.2, 0) is 0 Å². The molecule has 1 fully saturated rings. The highest BCUT2D eigenvalue weighted by atomic mass is 35.5. The third-order valence-corrected chi connectivity index (χ3v) is 6.27. The Balaban J connectivity index is 1.71. The van der Waals surface area contributed by atoms with Gasteiger partial charge in [0.25, 0.3) is 0 Å². The number of hydrogen-bond donors (Lipinski definition) is 2. The van der Waals surface area contributed by atoms with Gasteiger partial charge in [-0.05, 0) is 66.8 Å². The van der Waals surface area contributed by atoms with Gasteiger partial charge in [0, 0.05) is 23.1 Å². The molecular formula is C25H21ClN4O2S. The maximum atomic E-state index is 10.7. The molecular weight excluding hydrogens is 456 g/mol. The van der Waals surface area contributed by atoms with Crippen LogP contribution < -0.4 is 15.0 Å². The van der Waals surface area contributed by atoms with Gasteiger partial charge in [-0.2, -0.15) is 0 Å². The third kappa shape index (κ3) is 3.79. The number of ether oxygens (including phenoxy) is 1. The fourth-order valence-corrected chi connectivity index (χ4v) is 4.79. The number of nitrogens with zero attached hydrogens (tertiary/aromatic N) is 3. The maximum absolute atomic E-state index is 10.7.